The Bertz CT molecular complexity index is 4020. The van der Waals surface area contributed by atoms with Crippen LogP contribution in [0.3, 0.4) is 0 Å². The fraction of sp³-hybridized carbons (Fsp3) is 0.0549. The van der Waals surface area contributed by atoms with Gasteiger partial charge < -0.3 is 19.6 Å². The van der Waals surface area contributed by atoms with Crippen LogP contribution < -0.4 is 19.6 Å². The van der Waals surface area contributed by atoms with Crippen molar-refractivity contribution in [3.63, 3.8) is 0 Å². The van der Waals surface area contributed by atoms with Crippen molar-refractivity contribution in [2.75, 3.05) is 26.3 Å². The van der Waals surface area contributed by atoms with Gasteiger partial charge >= 0.3 is 0 Å². The number of nitrogens with zero attached hydrogens (tertiary/aromatic N) is 4. The summed E-state index contributed by atoms with van der Waals surface area (Å²) in [5, 5.41) is 0. The zero-order chi connectivity index (χ0) is 63.5. The summed E-state index contributed by atoms with van der Waals surface area (Å²) in [6, 6.07) is 143. The molecule has 15 rings (SSSR count). The van der Waals surface area contributed by atoms with Gasteiger partial charge in [0, 0.05) is 70.2 Å². The second-order valence-electron chi connectivity index (χ2n) is 24.4. The van der Waals surface area contributed by atoms with E-state index in [1.165, 1.54) is 66.8 Å². The third kappa shape index (κ3) is 12.5. The molecule has 0 unspecified atom stereocenters. The maximum absolute atomic E-state index is 2.57. The predicted octanol–water partition coefficient (Wildman–Crippen LogP) is 23.1. The lowest BCUT2D eigenvalue weighted by Gasteiger charge is -2.37. The number of anilines is 8. The van der Waals surface area contributed by atoms with Crippen LogP contribution in [0, 0.1) is 0 Å². The molecule has 4 heteroatoms. The molecule has 1 aliphatic heterocycles. The highest BCUT2D eigenvalue weighted by molar-refractivity contribution is 5.86. The Balaban J connectivity index is 1.05. The Morgan fingerprint density at radius 3 is 0.516 bits per heavy atom. The average molecular weight is 1220 g/mol. The zero-order valence-electron chi connectivity index (χ0n) is 52.9. The molecular formula is C91H72N4. The van der Waals surface area contributed by atoms with Crippen LogP contribution in [-0.4, -0.2) is 6.67 Å². The molecule has 0 bridgehead atoms. The van der Waals surface area contributed by atoms with Gasteiger partial charge in [0.25, 0.3) is 0 Å². The van der Waals surface area contributed by atoms with E-state index < -0.39 is 0 Å². The molecule has 0 saturated heterocycles. The topological polar surface area (TPSA) is 13.0 Å². The first-order valence-corrected chi connectivity index (χ1v) is 33.0. The van der Waals surface area contributed by atoms with E-state index in [0.717, 1.165) is 45.5 Å². The third-order valence-electron chi connectivity index (χ3n) is 18.5. The van der Waals surface area contributed by atoms with E-state index in [4.69, 9.17) is 0 Å². The van der Waals surface area contributed by atoms with Crippen LogP contribution >= 0.6 is 0 Å². The highest BCUT2D eigenvalue weighted by atomic mass is 15.3. The van der Waals surface area contributed by atoms with Gasteiger partial charge in [-0.2, -0.15) is 0 Å². The molecule has 14 aromatic rings. The summed E-state index contributed by atoms with van der Waals surface area (Å²) in [5.74, 6) is -0.824. The molecule has 4 nitrogen and oxygen atoms in total. The highest BCUT2D eigenvalue weighted by Gasteiger charge is 2.37. The van der Waals surface area contributed by atoms with E-state index in [1.54, 1.807) is 0 Å². The summed E-state index contributed by atoms with van der Waals surface area (Å²) < 4.78 is 0. The summed E-state index contributed by atoms with van der Waals surface area (Å²) in [5.41, 5.74) is 23.1. The van der Waals surface area contributed by atoms with Crippen molar-refractivity contribution in [1.29, 1.82) is 0 Å². The molecule has 14 aromatic carbocycles. The van der Waals surface area contributed by atoms with Crippen molar-refractivity contribution in [2.24, 2.45) is 0 Å². The summed E-state index contributed by atoms with van der Waals surface area (Å²) in [4.78, 5) is 10.0. The van der Waals surface area contributed by atoms with Crippen LogP contribution in [0.4, 0.5) is 45.5 Å². The Labute approximate surface area is 559 Å². The quantitative estimate of drug-likeness (QED) is 0.0705. The molecule has 0 amide bonds. The van der Waals surface area contributed by atoms with Crippen molar-refractivity contribution < 1.29 is 0 Å². The maximum Gasteiger partial charge on any atom is 0.0989 e. The van der Waals surface area contributed by atoms with Gasteiger partial charge in [-0.3, -0.25) is 0 Å². The summed E-state index contributed by atoms with van der Waals surface area (Å²) in [6.45, 7) is 0.486. The van der Waals surface area contributed by atoms with Gasteiger partial charge in [-0.1, -0.05) is 315 Å². The van der Waals surface area contributed by atoms with E-state index in [0.29, 0.717) is 6.67 Å². The van der Waals surface area contributed by atoms with Gasteiger partial charge in [0.15, 0.2) is 0 Å². The molecule has 1 heterocycles. The lowest BCUT2D eigenvalue weighted by Crippen LogP contribution is -2.30. The lowest BCUT2D eigenvalue weighted by atomic mass is 9.78. The number of hydrogen-bond donors (Lipinski definition) is 0. The molecule has 0 fully saturated rings. The first kappa shape index (κ1) is 59.3. The Morgan fingerprint density at radius 2 is 0.347 bits per heavy atom. The molecule has 0 N–H and O–H groups in total. The van der Waals surface area contributed by atoms with Gasteiger partial charge in [0.1, 0.15) is 0 Å². The zero-order valence-corrected chi connectivity index (χ0v) is 52.9. The summed E-state index contributed by atoms with van der Waals surface area (Å²) in [6.07, 6.45) is 4.74. The van der Waals surface area contributed by atoms with Crippen molar-refractivity contribution in [3.8, 4) is 0 Å². The minimum absolute atomic E-state index is 0.206. The van der Waals surface area contributed by atoms with Crippen LogP contribution in [-0.2, 0) is 0 Å². The average Bonchev–Trinajstić information content (AvgIpc) is 1.72. The Hall–Kier alpha value is -12.0. The summed E-state index contributed by atoms with van der Waals surface area (Å²) in [7, 11) is 0. The fourth-order valence-electron chi connectivity index (χ4n) is 14.4. The smallest absolute Gasteiger partial charge is 0.0989 e. The molecular weight excluding hydrogens is 1150 g/mol. The molecule has 456 valence electrons. The van der Waals surface area contributed by atoms with Crippen molar-refractivity contribution in [2.45, 2.75) is 23.7 Å². The van der Waals surface area contributed by atoms with E-state index in [-0.39, 0.29) is 23.7 Å². The molecule has 0 saturated carbocycles. The predicted molar refractivity (Wildman–Crippen MR) is 397 cm³/mol. The summed E-state index contributed by atoms with van der Waals surface area (Å²) >= 11 is 0. The van der Waals surface area contributed by atoms with Gasteiger partial charge in [-0.15, -0.1) is 0 Å². The Morgan fingerprint density at radius 1 is 0.189 bits per heavy atom. The van der Waals surface area contributed by atoms with Crippen molar-refractivity contribution in [3.05, 3.63) is 467 Å². The fourth-order valence-corrected chi connectivity index (χ4v) is 14.4. The van der Waals surface area contributed by atoms with Crippen LogP contribution in [0.5, 0.6) is 0 Å². The van der Waals surface area contributed by atoms with E-state index in [1.807, 2.05) is 0 Å². The van der Waals surface area contributed by atoms with Crippen LogP contribution in [0.15, 0.2) is 401 Å². The molecule has 0 aromatic heterocycles. The van der Waals surface area contributed by atoms with Crippen molar-refractivity contribution >= 4 is 45.5 Å². The second kappa shape index (κ2) is 27.9. The minimum Gasteiger partial charge on any atom is -0.327 e. The first-order valence-electron chi connectivity index (χ1n) is 33.0. The van der Waals surface area contributed by atoms with Crippen LogP contribution in [0.25, 0.3) is 0 Å². The van der Waals surface area contributed by atoms with E-state index in [9.17, 15) is 0 Å². The van der Waals surface area contributed by atoms with Gasteiger partial charge in [0.05, 0.1) is 18.0 Å². The normalized spacial score (nSPS) is 12.0. The van der Waals surface area contributed by atoms with Gasteiger partial charge in [0.2, 0.25) is 0 Å². The van der Waals surface area contributed by atoms with Gasteiger partial charge in [-0.25, -0.2) is 0 Å². The monoisotopic (exact) mass is 1220 g/mol. The SMILES string of the molecule is C1=CN(c2c(C(c3ccccc3)c3ccccc3)cc(N(c3ccccc3)c3ccccc3)cc2C(c2ccccc2)c2ccccc2)CN1c1c(C(c2ccccc2)c2ccccc2)cc(N(c2ccccc2)c2ccccc2)cc1C(c1ccccc1)c1ccccc1. The number of benzene rings is 14. The third-order valence-corrected chi connectivity index (χ3v) is 18.5. The molecule has 0 atom stereocenters. The minimum atomic E-state index is -0.206. The lowest BCUT2D eigenvalue weighted by molar-refractivity contribution is 0.873. The standard InChI is InChI=1S/C91H72N4/c1-13-37-68(38-14-1)86(69-39-15-2-16-40-69)82-63-80(94(76-53-29-9-30-54-76)77-55-31-10-32-56-77)64-83(87(70-41-17-3-18-42-70)71-43-19-4-20-44-71)90(82)92-61-62-93(67-92)91-84(88(72-45-21-5-22-46-72)73-47-23-6-24-48-73)65-81(95(78-57-33-11-34-58-78)79-59-35-12-36-60-79)66-85(91)89(74-49-25-7-26-50-74)75-51-27-8-28-52-75/h1-66,86-89H,67H2. The van der Waals surface area contributed by atoms with E-state index in [2.05, 4.69) is 420 Å². The number of rotatable bonds is 20. The molecule has 0 spiro atoms. The largest absolute Gasteiger partial charge is 0.327 e. The molecule has 0 aliphatic carbocycles. The highest BCUT2D eigenvalue weighted by Crippen LogP contribution is 2.53. The van der Waals surface area contributed by atoms with Gasteiger partial charge in [-0.05, 0) is 140 Å². The molecule has 0 radical (unpaired) electrons. The molecule has 1 aliphatic rings. The van der Waals surface area contributed by atoms with Crippen LogP contribution in [0.1, 0.15) is 90.4 Å². The van der Waals surface area contributed by atoms with Crippen LogP contribution in [0.2, 0.25) is 0 Å². The second-order valence-corrected chi connectivity index (χ2v) is 24.4. The molecule has 95 heavy (non-hydrogen) atoms. The Kier molecular flexibility index (Phi) is 17.4. The van der Waals surface area contributed by atoms with Crippen molar-refractivity contribution in [1.82, 2.24) is 0 Å². The first-order chi connectivity index (χ1) is 47.2. The number of para-hydroxylation sites is 4. The van der Waals surface area contributed by atoms with E-state index >= 15 is 0 Å². The number of hydrogen-bond acceptors (Lipinski definition) is 4. The maximum atomic E-state index is 2.57.